The number of carbonyl (C=O) groups is 1. The molecule has 1 N–H and O–H groups in total. The fourth-order valence-corrected chi connectivity index (χ4v) is 3.10. The fraction of sp³-hybridized carbons (Fsp3) is 0.588. The number of esters is 1. The van der Waals surface area contributed by atoms with E-state index in [1.54, 1.807) is 12.1 Å². The second-order valence-electron chi connectivity index (χ2n) is 5.89. The molecule has 3 rings (SSSR count). The van der Waals surface area contributed by atoms with E-state index in [2.05, 4.69) is 0 Å². The Morgan fingerprint density at radius 1 is 1.05 bits per heavy atom. The lowest BCUT2D eigenvalue weighted by molar-refractivity contribution is -0.0830. The average Bonchev–Trinajstić information content (AvgIpc) is 3.22. The average molecular weight is 306 g/mol. The second kappa shape index (κ2) is 7.22. The van der Waals surface area contributed by atoms with Gasteiger partial charge in [-0.1, -0.05) is 18.2 Å². The summed E-state index contributed by atoms with van der Waals surface area (Å²) in [6, 6.07) is 8.97. The van der Waals surface area contributed by atoms with Crippen molar-refractivity contribution < 1.29 is 24.1 Å². The molecule has 120 valence electrons. The summed E-state index contributed by atoms with van der Waals surface area (Å²) in [5.41, 5.74) is 0.557. The Morgan fingerprint density at radius 3 is 2.32 bits per heavy atom. The van der Waals surface area contributed by atoms with E-state index in [9.17, 15) is 4.79 Å². The number of ether oxygens (including phenoxy) is 3. The predicted octanol–water partition coefficient (Wildman–Crippen LogP) is 1.93. The fourth-order valence-electron chi connectivity index (χ4n) is 3.10. The summed E-state index contributed by atoms with van der Waals surface area (Å²) in [6.07, 6.45) is 3.59. The van der Waals surface area contributed by atoms with Crippen molar-refractivity contribution >= 4 is 5.97 Å². The van der Waals surface area contributed by atoms with Crippen molar-refractivity contribution in [1.82, 2.24) is 0 Å². The van der Waals surface area contributed by atoms with Crippen LogP contribution in [0.5, 0.6) is 0 Å². The van der Waals surface area contributed by atoms with Crippen LogP contribution in [-0.2, 0) is 14.2 Å². The van der Waals surface area contributed by atoms with Gasteiger partial charge in [0.25, 0.3) is 0 Å². The molecule has 0 saturated carbocycles. The number of aliphatic hydroxyl groups is 1. The zero-order valence-corrected chi connectivity index (χ0v) is 12.5. The summed E-state index contributed by atoms with van der Waals surface area (Å²) in [5, 5.41) is 9.11. The molecule has 2 heterocycles. The first-order valence-electron chi connectivity index (χ1n) is 7.90. The van der Waals surface area contributed by atoms with Gasteiger partial charge in [-0.3, -0.25) is 0 Å². The molecule has 2 aliphatic heterocycles. The van der Waals surface area contributed by atoms with Crippen LogP contribution < -0.4 is 0 Å². The Morgan fingerprint density at radius 2 is 1.68 bits per heavy atom. The van der Waals surface area contributed by atoms with E-state index >= 15 is 0 Å². The van der Waals surface area contributed by atoms with Gasteiger partial charge in [0.05, 0.1) is 36.6 Å². The molecule has 5 nitrogen and oxygen atoms in total. The van der Waals surface area contributed by atoms with Gasteiger partial charge in [-0.05, 0) is 37.8 Å². The van der Waals surface area contributed by atoms with E-state index in [0.717, 1.165) is 25.7 Å². The predicted molar refractivity (Wildman–Crippen MR) is 79.6 cm³/mol. The molecule has 0 spiro atoms. The van der Waals surface area contributed by atoms with E-state index in [0.29, 0.717) is 5.56 Å². The quantitative estimate of drug-likeness (QED) is 0.842. The summed E-state index contributed by atoms with van der Waals surface area (Å²) in [4.78, 5) is 11.9. The van der Waals surface area contributed by atoms with E-state index in [-0.39, 0.29) is 43.6 Å². The van der Waals surface area contributed by atoms with Crippen molar-refractivity contribution in [3.63, 3.8) is 0 Å². The van der Waals surface area contributed by atoms with Crippen molar-refractivity contribution in [1.29, 1.82) is 0 Å². The van der Waals surface area contributed by atoms with Gasteiger partial charge in [0.15, 0.2) is 0 Å². The highest BCUT2D eigenvalue weighted by Gasteiger charge is 2.37. The van der Waals surface area contributed by atoms with Crippen LogP contribution >= 0.6 is 0 Å². The van der Waals surface area contributed by atoms with Crippen LogP contribution in [0.25, 0.3) is 0 Å². The summed E-state index contributed by atoms with van der Waals surface area (Å²) in [7, 11) is 0. The third kappa shape index (κ3) is 3.66. The molecule has 2 fully saturated rings. The number of hydrogen-bond donors (Lipinski definition) is 1. The molecule has 0 radical (unpaired) electrons. The van der Waals surface area contributed by atoms with Crippen molar-refractivity contribution in [2.45, 2.75) is 50.1 Å². The van der Waals surface area contributed by atoms with Crippen molar-refractivity contribution in [2.24, 2.45) is 0 Å². The van der Waals surface area contributed by atoms with E-state index in [1.807, 2.05) is 18.2 Å². The number of benzene rings is 1. The maximum absolute atomic E-state index is 11.9. The minimum Gasteiger partial charge on any atom is -0.459 e. The van der Waals surface area contributed by atoms with E-state index < -0.39 is 0 Å². The van der Waals surface area contributed by atoms with Gasteiger partial charge < -0.3 is 19.3 Å². The van der Waals surface area contributed by atoms with E-state index in [1.165, 1.54) is 0 Å². The maximum Gasteiger partial charge on any atom is 0.338 e. The van der Waals surface area contributed by atoms with Crippen LogP contribution in [0, 0.1) is 0 Å². The largest absolute Gasteiger partial charge is 0.459 e. The highest BCUT2D eigenvalue weighted by atomic mass is 16.6. The normalized spacial score (nSPS) is 31.3. The Balaban J connectivity index is 1.43. The van der Waals surface area contributed by atoms with Gasteiger partial charge in [0.2, 0.25) is 0 Å². The van der Waals surface area contributed by atoms with Gasteiger partial charge in [0, 0.05) is 0 Å². The summed E-state index contributed by atoms with van der Waals surface area (Å²) in [5.74, 6) is -0.315. The minimum absolute atomic E-state index is 0.0523. The highest BCUT2D eigenvalue weighted by Crippen LogP contribution is 2.31. The number of hydrogen-bond acceptors (Lipinski definition) is 5. The monoisotopic (exact) mass is 306 g/mol. The Hall–Kier alpha value is -1.43. The number of aliphatic hydroxyl groups excluding tert-OH is 1. The Bertz CT molecular complexity index is 489. The number of rotatable bonds is 5. The standard InChI is InChI=1S/C17H22O5/c18-10-13-6-8-15(21-13)16-9-7-14(22-16)11-20-17(19)12-4-2-1-3-5-12/h1-5,13-16,18H,6-11H2. The van der Waals surface area contributed by atoms with Crippen molar-refractivity contribution in [3.05, 3.63) is 35.9 Å². The Labute approximate surface area is 130 Å². The molecule has 0 aliphatic carbocycles. The zero-order valence-electron chi connectivity index (χ0n) is 12.5. The lowest BCUT2D eigenvalue weighted by Gasteiger charge is -2.20. The van der Waals surface area contributed by atoms with Crippen LogP contribution in [0.2, 0.25) is 0 Å². The lowest BCUT2D eigenvalue weighted by atomic mass is 10.1. The smallest absolute Gasteiger partial charge is 0.338 e. The first-order chi connectivity index (χ1) is 10.8. The zero-order chi connectivity index (χ0) is 15.4. The molecule has 0 bridgehead atoms. The summed E-state index contributed by atoms with van der Waals surface area (Å²) in [6.45, 7) is 0.349. The second-order valence-corrected chi connectivity index (χ2v) is 5.89. The molecule has 4 atom stereocenters. The molecule has 5 heteroatoms. The van der Waals surface area contributed by atoms with Gasteiger partial charge in [-0.15, -0.1) is 0 Å². The van der Waals surface area contributed by atoms with Crippen molar-refractivity contribution in [3.8, 4) is 0 Å². The van der Waals surface area contributed by atoms with E-state index in [4.69, 9.17) is 19.3 Å². The van der Waals surface area contributed by atoms with Gasteiger partial charge >= 0.3 is 5.97 Å². The Kier molecular flexibility index (Phi) is 5.08. The van der Waals surface area contributed by atoms with Gasteiger partial charge in [-0.25, -0.2) is 4.79 Å². The van der Waals surface area contributed by atoms with Gasteiger partial charge in [-0.2, -0.15) is 0 Å². The summed E-state index contributed by atoms with van der Waals surface area (Å²) < 4.78 is 17.0. The highest BCUT2D eigenvalue weighted by molar-refractivity contribution is 5.89. The summed E-state index contributed by atoms with van der Waals surface area (Å²) >= 11 is 0. The first-order valence-corrected chi connectivity index (χ1v) is 7.90. The molecule has 1 aromatic carbocycles. The lowest BCUT2D eigenvalue weighted by Crippen LogP contribution is -2.29. The molecule has 22 heavy (non-hydrogen) atoms. The maximum atomic E-state index is 11.9. The molecule has 1 aromatic rings. The molecule has 0 aromatic heterocycles. The molecular formula is C17H22O5. The van der Waals surface area contributed by atoms with Crippen LogP contribution in [0.3, 0.4) is 0 Å². The molecule has 2 aliphatic rings. The molecular weight excluding hydrogens is 284 g/mol. The topological polar surface area (TPSA) is 65.0 Å². The number of carbonyl (C=O) groups excluding carboxylic acids is 1. The van der Waals surface area contributed by atoms with Crippen LogP contribution in [-0.4, -0.2) is 48.7 Å². The third-order valence-electron chi connectivity index (χ3n) is 4.31. The van der Waals surface area contributed by atoms with Crippen LogP contribution in [0.4, 0.5) is 0 Å². The first kappa shape index (κ1) is 15.5. The molecule has 2 saturated heterocycles. The SMILES string of the molecule is O=C(OCC1CCC(C2CCC(CO)O2)O1)c1ccccc1. The molecule has 4 unspecified atom stereocenters. The minimum atomic E-state index is -0.315. The third-order valence-corrected chi connectivity index (χ3v) is 4.31. The molecule has 0 amide bonds. The van der Waals surface area contributed by atoms with Gasteiger partial charge in [0.1, 0.15) is 6.61 Å². The van der Waals surface area contributed by atoms with Crippen molar-refractivity contribution in [2.75, 3.05) is 13.2 Å². The van der Waals surface area contributed by atoms with Crippen LogP contribution in [0.15, 0.2) is 30.3 Å². The van der Waals surface area contributed by atoms with Crippen LogP contribution in [0.1, 0.15) is 36.0 Å².